The molecule has 0 aliphatic heterocycles. The maximum atomic E-state index is 12.9. The standard InChI is InChI=1S/C9H15F5N2O2/c1-7(2,3)18-6(17)16-5(4-15)8(10,11)9(12,13)14/h5H,4,15H2,1-3H3,(H,16,17). The lowest BCUT2D eigenvalue weighted by Gasteiger charge is -2.29. The Bertz CT molecular complexity index is 298. The zero-order chi connectivity index (χ0) is 14.8. The fourth-order valence-corrected chi connectivity index (χ4v) is 0.945. The van der Waals surface area contributed by atoms with E-state index in [1.54, 1.807) is 0 Å². The van der Waals surface area contributed by atoms with Gasteiger partial charge in [-0.25, -0.2) is 4.79 Å². The quantitative estimate of drug-likeness (QED) is 0.776. The molecule has 1 amide bonds. The highest BCUT2D eigenvalue weighted by molar-refractivity contribution is 5.68. The van der Waals surface area contributed by atoms with Crippen LogP contribution in [0.2, 0.25) is 0 Å². The molecule has 0 saturated heterocycles. The molecule has 0 bridgehead atoms. The number of ether oxygens (including phenoxy) is 1. The van der Waals surface area contributed by atoms with Crippen LogP contribution >= 0.6 is 0 Å². The predicted octanol–water partition coefficient (Wildman–Crippen LogP) is 2.04. The van der Waals surface area contributed by atoms with Crippen LogP contribution in [-0.4, -0.2) is 36.4 Å². The molecule has 0 aliphatic rings. The van der Waals surface area contributed by atoms with Crippen molar-refractivity contribution in [3.63, 3.8) is 0 Å². The Kier molecular flexibility index (Phi) is 4.92. The first-order valence-corrected chi connectivity index (χ1v) is 4.95. The molecular formula is C9H15F5N2O2. The van der Waals surface area contributed by atoms with E-state index < -0.39 is 36.4 Å². The molecule has 1 atom stereocenters. The second kappa shape index (κ2) is 5.25. The SMILES string of the molecule is CC(C)(C)OC(=O)NC(CN)C(F)(F)C(F)(F)F. The molecule has 0 aromatic heterocycles. The van der Waals surface area contributed by atoms with Gasteiger partial charge in [0.1, 0.15) is 11.6 Å². The zero-order valence-electron chi connectivity index (χ0n) is 10.1. The third-order valence-electron chi connectivity index (χ3n) is 1.74. The van der Waals surface area contributed by atoms with Crippen molar-refractivity contribution in [2.75, 3.05) is 6.54 Å². The highest BCUT2D eigenvalue weighted by Gasteiger charge is 2.62. The molecule has 0 rings (SSSR count). The van der Waals surface area contributed by atoms with Gasteiger partial charge in [-0.1, -0.05) is 0 Å². The molecule has 108 valence electrons. The van der Waals surface area contributed by atoms with E-state index in [2.05, 4.69) is 4.74 Å². The van der Waals surface area contributed by atoms with E-state index in [4.69, 9.17) is 5.73 Å². The number of amides is 1. The summed E-state index contributed by atoms with van der Waals surface area (Å²) in [4.78, 5) is 11.1. The average Bonchev–Trinajstić information content (AvgIpc) is 2.08. The van der Waals surface area contributed by atoms with Gasteiger partial charge in [-0.15, -0.1) is 0 Å². The molecule has 0 spiro atoms. The van der Waals surface area contributed by atoms with Crippen LogP contribution in [0.25, 0.3) is 0 Å². The van der Waals surface area contributed by atoms with Crippen LogP contribution in [0, 0.1) is 0 Å². The summed E-state index contributed by atoms with van der Waals surface area (Å²) in [5.41, 5.74) is 3.80. The molecule has 0 saturated carbocycles. The number of nitrogens with two attached hydrogens (primary N) is 1. The Morgan fingerprint density at radius 2 is 1.67 bits per heavy atom. The van der Waals surface area contributed by atoms with Gasteiger partial charge in [-0.05, 0) is 20.8 Å². The van der Waals surface area contributed by atoms with Crippen molar-refractivity contribution in [3.8, 4) is 0 Å². The second-order valence-electron chi connectivity index (χ2n) is 4.56. The Morgan fingerprint density at radius 1 is 1.22 bits per heavy atom. The Balaban J connectivity index is 4.78. The zero-order valence-corrected chi connectivity index (χ0v) is 10.1. The monoisotopic (exact) mass is 278 g/mol. The predicted molar refractivity (Wildman–Crippen MR) is 53.2 cm³/mol. The largest absolute Gasteiger partial charge is 0.455 e. The summed E-state index contributed by atoms with van der Waals surface area (Å²) in [6, 6.07) is -2.58. The number of hydrogen-bond donors (Lipinski definition) is 2. The van der Waals surface area contributed by atoms with Gasteiger partial charge in [-0.2, -0.15) is 22.0 Å². The third kappa shape index (κ3) is 4.63. The summed E-state index contributed by atoms with van der Waals surface area (Å²) in [7, 11) is 0. The maximum Gasteiger partial charge on any atom is 0.455 e. The van der Waals surface area contributed by atoms with Crippen molar-refractivity contribution in [1.82, 2.24) is 5.32 Å². The minimum absolute atomic E-state index is 1.02. The molecule has 0 aliphatic carbocycles. The van der Waals surface area contributed by atoms with Gasteiger partial charge in [0.2, 0.25) is 0 Å². The summed E-state index contributed by atoms with van der Waals surface area (Å²) >= 11 is 0. The smallest absolute Gasteiger partial charge is 0.444 e. The minimum atomic E-state index is -5.80. The third-order valence-corrected chi connectivity index (χ3v) is 1.74. The van der Waals surface area contributed by atoms with Crippen LogP contribution in [0.5, 0.6) is 0 Å². The Morgan fingerprint density at radius 3 is 1.94 bits per heavy atom. The summed E-state index contributed by atoms with van der Waals surface area (Å²) in [6.07, 6.45) is -7.19. The molecule has 18 heavy (non-hydrogen) atoms. The van der Waals surface area contributed by atoms with E-state index in [0.29, 0.717) is 0 Å². The summed E-state index contributed by atoms with van der Waals surface area (Å²) in [5, 5.41) is 1.41. The van der Waals surface area contributed by atoms with Crippen LogP contribution in [0.3, 0.4) is 0 Å². The first-order valence-electron chi connectivity index (χ1n) is 4.95. The van der Waals surface area contributed by atoms with Crippen LogP contribution in [0.1, 0.15) is 20.8 Å². The maximum absolute atomic E-state index is 12.9. The normalized spacial score (nSPS) is 15.2. The highest BCUT2D eigenvalue weighted by Crippen LogP contribution is 2.37. The van der Waals surface area contributed by atoms with Gasteiger partial charge < -0.3 is 15.8 Å². The van der Waals surface area contributed by atoms with E-state index in [1.165, 1.54) is 26.1 Å². The molecular weight excluding hydrogens is 263 g/mol. The molecule has 4 nitrogen and oxygen atoms in total. The number of nitrogens with one attached hydrogen (secondary N) is 1. The lowest BCUT2D eigenvalue weighted by Crippen LogP contribution is -2.59. The van der Waals surface area contributed by atoms with Gasteiger partial charge in [0, 0.05) is 6.54 Å². The van der Waals surface area contributed by atoms with Crippen molar-refractivity contribution in [1.29, 1.82) is 0 Å². The molecule has 3 N–H and O–H groups in total. The van der Waals surface area contributed by atoms with Crippen LogP contribution in [-0.2, 0) is 4.74 Å². The fraction of sp³-hybridized carbons (Fsp3) is 0.889. The number of alkyl halides is 5. The van der Waals surface area contributed by atoms with Crippen molar-refractivity contribution >= 4 is 6.09 Å². The van der Waals surface area contributed by atoms with E-state index >= 15 is 0 Å². The summed E-state index contributed by atoms with van der Waals surface area (Å²) in [5.74, 6) is -5.13. The van der Waals surface area contributed by atoms with Gasteiger partial charge in [0.05, 0.1) is 0 Å². The number of carbonyl (C=O) groups excluding carboxylic acids is 1. The lowest BCUT2D eigenvalue weighted by atomic mass is 10.1. The Hall–Kier alpha value is -1.12. The van der Waals surface area contributed by atoms with Crippen molar-refractivity contribution in [3.05, 3.63) is 0 Å². The van der Waals surface area contributed by atoms with Crippen LogP contribution in [0.15, 0.2) is 0 Å². The first kappa shape index (κ1) is 16.9. The fourth-order valence-electron chi connectivity index (χ4n) is 0.945. The van der Waals surface area contributed by atoms with Crippen molar-refractivity contribution in [2.24, 2.45) is 5.73 Å². The minimum Gasteiger partial charge on any atom is -0.444 e. The molecule has 0 aromatic rings. The van der Waals surface area contributed by atoms with Crippen molar-refractivity contribution in [2.45, 2.75) is 44.5 Å². The lowest BCUT2D eigenvalue weighted by molar-refractivity contribution is -0.291. The van der Waals surface area contributed by atoms with Gasteiger partial charge in [0.15, 0.2) is 0 Å². The van der Waals surface area contributed by atoms with Gasteiger partial charge >= 0.3 is 18.2 Å². The van der Waals surface area contributed by atoms with E-state index in [-0.39, 0.29) is 0 Å². The highest BCUT2D eigenvalue weighted by atomic mass is 19.4. The van der Waals surface area contributed by atoms with E-state index in [9.17, 15) is 26.7 Å². The number of halogens is 5. The number of alkyl carbamates (subject to hydrolysis) is 1. The van der Waals surface area contributed by atoms with Crippen LogP contribution < -0.4 is 11.1 Å². The average molecular weight is 278 g/mol. The molecule has 0 aromatic carbocycles. The molecule has 0 heterocycles. The number of carbonyl (C=O) groups is 1. The van der Waals surface area contributed by atoms with Crippen molar-refractivity contribution < 1.29 is 31.5 Å². The topological polar surface area (TPSA) is 64.3 Å². The van der Waals surface area contributed by atoms with Gasteiger partial charge in [-0.3, -0.25) is 0 Å². The molecule has 0 fully saturated rings. The second-order valence-corrected chi connectivity index (χ2v) is 4.56. The molecule has 0 radical (unpaired) electrons. The van der Waals surface area contributed by atoms with Gasteiger partial charge in [0.25, 0.3) is 0 Å². The molecule has 9 heteroatoms. The van der Waals surface area contributed by atoms with E-state index in [1.807, 2.05) is 0 Å². The first-order chi connectivity index (χ1) is 7.81. The van der Waals surface area contributed by atoms with Crippen LogP contribution in [0.4, 0.5) is 26.7 Å². The number of rotatable bonds is 3. The summed E-state index contributed by atoms with van der Waals surface area (Å²) < 4.78 is 66.6. The molecule has 1 unspecified atom stereocenters. The van der Waals surface area contributed by atoms with E-state index in [0.717, 1.165) is 0 Å². The Labute approximate surface area is 101 Å². The summed E-state index contributed by atoms with van der Waals surface area (Å²) in [6.45, 7) is 3.23. The number of hydrogen-bond acceptors (Lipinski definition) is 3.